The van der Waals surface area contributed by atoms with Gasteiger partial charge in [-0.15, -0.1) is 6.42 Å². The molecular formula is C22H25N5O3. The number of carbonyl (C=O) groups is 2. The van der Waals surface area contributed by atoms with Crippen LogP contribution in [0.25, 0.3) is 0 Å². The van der Waals surface area contributed by atoms with Gasteiger partial charge in [-0.25, -0.2) is 4.99 Å². The first kappa shape index (κ1) is 21.0. The average Bonchev–Trinajstić information content (AvgIpc) is 3.31. The lowest BCUT2D eigenvalue weighted by atomic mass is 10.2. The van der Waals surface area contributed by atoms with E-state index in [4.69, 9.17) is 10.8 Å². The minimum Gasteiger partial charge on any atom is -0.459 e. The summed E-state index contributed by atoms with van der Waals surface area (Å²) in [4.78, 5) is 32.9. The van der Waals surface area contributed by atoms with E-state index >= 15 is 0 Å². The van der Waals surface area contributed by atoms with Gasteiger partial charge in [0.25, 0.3) is 5.91 Å². The summed E-state index contributed by atoms with van der Waals surface area (Å²) < 4.78 is 5.19. The summed E-state index contributed by atoms with van der Waals surface area (Å²) in [5, 5.41) is 6.01. The Morgan fingerprint density at radius 3 is 2.60 bits per heavy atom. The van der Waals surface area contributed by atoms with E-state index in [1.54, 1.807) is 41.3 Å². The number of guanidine groups is 1. The Labute approximate surface area is 175 Å². The van der Waals surface area contributed by atoms with Gasteiger partial charge in [-0.3, -0.25) is 9.59 Å². The van der Waals surface area contributed by atoms with Crippen LogP contribution in [0.2, 0.25) is 0 Å². The molecule has 2 aromatic rings. The molecule has 3 rings (SSSR count). The maximum Gasteiger partial charge on any atom is 0.289 e. The summed E-state index contributed by atoms with van der Waals surface area (Å²) >= 11 is 0. The topological polar surface area (TPSA) is 90.2 Å². The minimum atomic E-state index is -0.230. The zero-order valence-electron chi connectivity index (χ0n) is 16.9. The maximum absolute atomic E-state index is 12.4. The second kappa shape index (κ2) is 10.2. The molecule has 1 saturated heterocycles. The van der Waals surface area contributed by atoms with Crippen molar-refractivity contribution < 1.29 is 14.0 Å². The fourth-order valence-electron chi connectivity index (χ4n) is 3.14. The molecule has 2 amide bonds. The molecule has 1 aromatic carbocycles. The van der Waals surface area contributed by atoms with Gasteiger partial charge in [0.15, 0.2) is 11.7 Å². The highest BCUT2D eigenvalue weighted by Gasteiger charge is 2.25. The van der Waals surface area contributed by atoms with Crippen molar-refractivity contribution in [3.8, 4) is 12.3 Å². The van der Waals surface area contributed by atoms with E-state index in [0.717, 1.165) is 0 Å². The zero-order valence-corrected chi connectivity index (χ0v) is 16.9. The molecule has 0 radical (unpaired) electrons. The molecule has 0 spiro atoms. The third-order valence-electron chi connectivity index (χ3n) is 4.62. The number of rotatable bonds is 5. The van der Waals surface area contributed by atoms with E-state index in [1.807, 2.05) is 11.8 Å². The number of aliphatic imine (C=N–C) groups is 1. The first-order valence-electron chi connectivity index (χ1n) is 9.83. The molecule has 0 saturated carbocycles. The summed E-state index contributed by atoms with van der Waals surface area (Å²) in [6.07, 6.45) is 6.89. The molecule has 8 heteroatoms. The van der Waals surface area contributed by atoms with Crippen LogP contribution < -0.4 is 10.6 Å². The van der Waals surface area contributed by atoms with Crippen molar-refractivity contribution in [2.75, 3.05) is 44.6 Å². The Kier molecular flexibility index (Phi) is 7.11. The SMILES string of the molecule is C#Cc1cccc(NC(=O)CN=C(NCC)N2CCN(C(=O)c3ccco3)CC2)c1. The van der Waals surface area contributed by atoms with Crippen LogP contribution in [0.5, 0.6) is 0 Å². The second-order valence-corrected chi connectivity index (χ2v) is 6.70. The van der Waals surface area contributed by atoms with Gasteiger partial charge in [0.2, 0.25) is 5.91 Å². The molecule has 156 valence electrons. The molecule has 0 bridgehead atoms. The van der Waals surface area contributed by atoms with Gasteiger partial charge in [0.1, 0.15) is 6.54 Å². The molecule has 1 aliphatic heterocycles. The normalized spacial score (nSPS) is 14.2. The standard InChI is InChI=1S/C22H25N5O3/c1-3-17-7-5-8-18(15-17)25-20(28)16-24-22(23-4-2)27-12-10-26(11-13-27)21(29)19-9-6-14-30-19/h1,5-9,14-15H,4,10-13,16H2,2H3,(H,23,24)(H,25,28). The molecule has 30 heavy (non-hydrogen) atoms. The summed E-state index contributed by atoms with van der Waals surface area (Å²) in [6.45, 7) is 4.96. The van der Waals surface area contributed by atoms with Gasteiger partial charge < -0.3 is 24.9 Å². The number of terminal acetylenes is 1. The Morgan fingerprint density at radius 1 is 1.17 bits per heavy atom. The number of amides is 2. The highest BCUT2D eigenvalue weighted by molar-refractivity contribution is 5.94. The maximum atomic E-state index is 12.4. The number of benzene rings is 1. The smallest absolute Gasteiger partial charge is 0.289 e. The van der Waals surface area contributed by atoms with Crippen molar-refractivity contribution in [1.82, 2.24) is 15.1 Å². The molecule has 2 N–H and O–H groups in total. The number of furan rings is 1. The lowest BCUT2D eigenvalue weighted by molar-refractivity contribution is -0.114. The van der Waals surface area contributed by atoms with Crippen LogP contribution in [-0.2, 0) is 4.79 Å². The van der Waals surface area contributed by atoms with Crippen LogP contribution in [0.3, 0.4) is 0 Å². The van der Waals surface area contributed by atoms with E-state index in [-0.39, 0.29) is 18.4 Å². The number of hydrogen-bond donors (Lipinski definition) is 2. The largest absolute Gasteiger partial charge is 0.459 e. The van der Waals surface area contributed by atoms with E-state index in [2.05, 4.69) is 21.5 Å². The molecule has 0 aliphatic carbocycles. The fourth-order valence-corrected chi connectivity index (χ4v) is 3.14. The number of nitrogens with one attached hydrogen (secondary N) is 2. The third-order valence-corrected chi connectivity index (χ3v) is 4.62. The monoisotopic (exact) mass is 407 g/mol. The lowest BCUT2D eigenvalue weighted by Crippen LogP contribution is -2.53. The van der Waals surface area contributed by atoms with E-state index in [9.17, 15) is 9.59 Å². The van der Waals surface area contributed by atoms with Crippen molar-refractivity contribution in [1.29, 1.82) is 0 Å². The zero-order chi connectivity index (χ0) is 21.3. The van der Waals surface area contributed by atoms with E-state index in [1.165, 1.54) is 6.26 Å². The van der Waals surface area contributed by atoms with E-state index in [0.29, 0.717) is 55.7 Å². The molecule has 1 aliphatic rings. The molecular weight excluding hydrogens is 382 g/mol. The van der Waals surface area contributed by atoms with Crippen molar-refractivity contribution >= 4 is 23.5 Å². The van der Waals surface area contributed by atoms with Crippen molar-refractivity contribution in [3.05, 3.63) is 54.0 Å². The van der Waals surface area contributed by atoms with Gasteiger partial charge in [0, 0.05) is 44.0 Å². The Balaban J connectivity index is 1.56. The Hall–Kier alpha value is -3.73. The lowest BCUT2D eigenvalue weighted by Gasteiger charge is -2.36. The predicted octanol–water partition coefficient (Wildman–Crippen LogP) is 1.62. The van der Waals surface area contributed by atoms with Gasteiger partial charge in [0.05, 0.1) is 6.26 Å². The van der Waals surface area contributed by atoms with Gasteiger partial charge in [-0.1, -0.05) is 12.0 Å². The summed E-state index contributed by atoms with van der Waals surface area (Å²) in [5.41, 5.74) is 1.34. The first-order valence-corrected chi connectivity index (χ1v) is 9.83. The fraction of sp³-hybridized carbons (Fsp3) is 0.318. The number of piperazine rings is 1. The predicted molar refractivity (Wildman–Crippen MR) is 115 cm³/mol. The first-order chi connectivity index (χ1) is 14.6. The van der Waals surface area contributed by atoms with Crippen molar-refractivity contribution in [2.24, 2.45) is 4.99 Å². The van der Waals surface area contributed by atoms with Gasteiger partial charge in [-0.2, -0.15) is 0 Å². The number of carbonyl (C=O) groups excluding carboxylic acids is 2. The number of anilines is 1. The van der Waals surface area contributed by atoms with Crippen LogP contribution >= 0.6 is 0 Å². The highest BCUT2D eigenvalue weighted by atomic mass is 16.3. The van der Waals surface area contributed by atoms with Crippen LogP contribution in [0.4, 0.5) is 5.69 Å². The third kappa shape index (κ3) is 5.41. The number of nitrogens with zero attached hydrogens (tertiary/aromatic N) is 3. The summed E-state index contributed by atoms with van der Waals surface area (Å²) in [7, 11) is 0. The highest BCUT2D eigenvalue weighted by Crippen LogP contribution is 2.11. The van der Waals surface area contributed by atoms with Crippen LogP contribution in [0, 0.1) is 12.3 Å². The van der Waals surface area contributed by atoms with Crippen LogP contribution in [-0.4, -0.2) is 66.8 Å². The molecule has 8 nitrogen and oxygen atoms in total. The van der Waals surface area contributed by atoms with Gasteiger partial charge >= 0.3 is 0 Å². The molecule has 2 heterocycles. The molecule has 0 atom stereocenters. The van der Waals surface area contributed by atoms with E-state index < -0.39 is 0 Å². The van der Waals surface area contributed by atoms with Crippen LogP contribution in [0.15, 0.2) is 52.1 Å². The molecule has 1 aromatic heterocycles. The molecule has 1 fully saturated rings. The quantitative estimate of drug-likeness (QED) is 0.447. The van der Waals surface area contributed by atoms with Gasteiger partial charge in [-0.05, 0) is 37.3 Å². The molecule has 0 unspecified atom stereocenters. The Bertz CT molecular complexity index is 938. The summed E-state index contributed by atoms with van der Waals surface area (Å²) in [5.74, 6) is 3.19. The van der Waals surface area contributed by atoms with Crippen LogP contribution in [0.1, 0.15) is 23.0 Å². The summed E-state index contributed by atoms with van der Waals surface area (Å²) in [6, 6.07) is 10.5. The second-order valence-electron chi connectivity index (χ2n) is 6.70. The van der Waals surface area contributed by atoms with Crippen molar-refractivity contribution in [3.63, 3.8) is 0 Å². The average molecular weight is 407 g/mol. The minimum absolute atomic E-state index is 0.0197. The number of hydrogen-bond acceptors (Lipinski definition) is 4. The Morgan fingerprint density at radius 2 is 1.93 bits per heavy atom. The van der Waals surface area contributed by atoms with Crippen molar-refractivity contribution in [2.45, 2.75) is 6.92 Å².